The quantitative estimate of drug-likeness (QED) is 0.159. The summed E-state index contributed by atoms with van der Waals surface area (Å²) in [6.45, 7) is 6.42. The number of hydrogen-bond donors (Lipinski definition) is 4. The van der Waals surface area contributed by atoms with Crippen molar-refractivity contribution in [3.63, 3.8) is 0 Å². The summed E-state index contributed by atoms with van der Waals surface area (Å²) in [5.74, 6) is -0.869. The first-order chi connectivity index (χ1) is 23.9. The number of H-pyrrole nitrogens is 1. The van der Waals surface area contributed by atoms with Crippen molar-refractivity contribution < 1.29 is 29.0 Å². The van der Waals surface area contributed by atoms with Crippen LogP contribution in [0.25, 0.3) is 10.9 Å². The minimum absolute atomic E-state index is 0.0361. The Morgan fingerprint density at radius 2 is 1.88 bits per heavy atom. The summed E-state index contributed by atoms with van der Waals surface area (Å²) in [4.78, 5) is 59.6. The fourth-order valence-corrected chi connectivity index (χ4v) is 11.5. The van der Waals surface area contributed by atoms with Crippen LogP contribution < -0.4 is 10.2 Å². The van der Waals surface area contributed by atoms with E-state index in [1.807, 2.05) is 92.9 Å². The molecule has 3 aliphatic heterocycles. The Kier molecular flexibility index (Phi) is 9.27. The Morgan fingerprint density at radius 1 is 1.12 bits per heavy atom. The van der Waals surface area contributed by atoms with Crippen LogP contribution >= 0.6 is 15.9 Å². The summed E-state index contributed by atoms with van der Waals surface area (Å²) in [6.07, 6.45) is 3.07. The van der Waals surface area contributed by atoms with Gasteiger partial charge in [-0.25, -0.2) is 0 Å². The van der Waals surface area contributed by atoms with Crippen LogP contribution in [0.3, 0.4) is 0 Å². The molecule has 5 atom stereocenters. The van der Waals surface area contributed by atoms with Gasteiger partial charge in [0.15, 0.2) is 13.9 Å². The number of aliphatic hydroxyl groups is 1. The van der Waals surface area contributed by atoms with E-state index in [9.17, 15) is 24.3 Å². The molecule has 4 heterocycles. The van der Waals surface area contributed by atoms with Crippen molar-refractivity contribution in [2.75, 3.05) is 23.4 Å². The molecule has 10 nitrogen and oxygen atoms in total. The molecule has 0 bridgehead atoms. The van der Waals surface area contributed by atoms with Crippen LogP contribution in [0.5, 0.6) is 0 Å². The Balaban J connectivity index is 1.12. The van der Waals surface area contributed by atoms with Crippen LogP contribution in [0, 0.1) is 5.92 Å². The number of fused-ring (bicyclic) bond motifs is 3. The molecule has 1 spiro atoms. The van der Waals surface area contributed by atoms with Gasteiger partial charge in [-0.2, -0.15) is 0 Å². The average Bonchev–Trinajstić information content (AvgIpc) is 3.84. The van der Waals surface area contributed by atoms with Crippen LogP contribution in [-0.2, 0) is 37.7 Å². The summed E-state index contributed by atoms with van der Waals surface area (Å²) in [7, 11) is -2.95. The van der Waals surface area contributed by atoms with Gasteiger partial charge >= 0.3 is 0 Å². The molecule has 2 saturated heterocycles. The van der Waals surface area contributed by atoms with Gasteiger partial charge < -0.3 is 34.7 Å². The van der Waals surface area contributed by atoms with Gasteiger partial charge in [0.25, 0.3) is 5.91 Å². The first kappa shape index (κ1) is 34.6. The predicted molar refractivity (Wildman–Crippen MR) is 198 cm³/mol. The van der Waals surface area contributed by atoms with Crippen molar-refractivity contribution >= 4 is 64.2 Å². The van der Waals surface area contributed by atoms with Crippen LogP contribution in [0.4, 0.5) is 11.4 Å². The molecule has 50 heavy (non-hydrogen) atoms. The second-order valence-electron chi connectivity index (χ2n) is 14.5. The lowest BCUT2D eigenvalue weighted by atomic mass is 9.82. The van der Waals surface area contributed by atoms with Crippen LogP contribution in [-0.4, -0.2) is 71.1 Å². The normalized spacial score (nSPS) is 24.8. The number of carbonyl (C=O) groups is 3. The smallest absolute Gasteiger partial charge is 0.264 e. The highest BCUT2D eigenvalue weighted by atomic mass is 79.9. The largest absolute Gasteiger partial charge is 0.432 e. The lowest BCUT2D eigenvalue weighted by Gasteiger charge is -2.32. The number of carbonyl (C=O) groups excluding carboxylic acids is 3. The van der Waals surface area contributed by atoms with Gasteiger partial charge in [0, 0.05) is 50.8 Å². The number of amides is 3. The highest BCUT2D eigenvalue weighted by molar-refractivity contribution is 9.10. The SMILES string of the molecule is C[C@@H]1[C@@H]([Si](C)(C)O)[C@H](CC(=O)N2CCC[C@H]2CO)O[C@@]12C(=O)N(Cc1ccc(NC(=O)Cc3c[nH]c4ccccc34)cc1)c1ccc(Br)cc12. The summed E-state index contributed by atoms with van der Waals surface area (Å²) in [5.41, 5.74) is 3.13. The topological polar surface area (TPSA) is 135 Å². The number of halogens is 1. The summed E-state index contributed by atoms with van der Waals surface area (Å²) in [5, 5.41) is 13.9. The predicted octanol–water partition coefficient (Wildman–Crippen LogP) is 5.83. The lowest BCUT2D eigenvalue weighted by molar-refractivity contribution is -0.150. The van der Waals surface area contributed by atoms with E-state index in [2.05, 4.69) is 26.2 Å². The number of aliphatic hydroxyl groups excluding tert-OH is 1. The van der Waals surface area contributed by atoms with Crippen LogP contribution in [0.2, 0.25) is 18.6 Å². The minimum Gasteiger partial charge on any atom is -0.432 e. The van der Waals surface area contributed by atoms with E-state index >= 15 is 0 Å². The maximum atomic E-state index is 14.8. The molecular weight excluding hydrogens is 716 g/mol. The lowest BCUT2D eigenvalue weighted by Crippen LogP contribution is -2.46. The van der Waals surface area contributed by atoms with Crippen molar-refractivity contribution in [3.8, 4) is 0 Å². The summed E-state index contributed by atoms with van der Waals surface area (Å²) < 4.78 is 7.66. The molecule has 0 aliphatic carbocycles. The Morgan fingerprint density at radius 3 is 2.62 bits per heavy atom. The maximum Gasteiger partial charge on any atom is 0.264 e. The molecule has 1 aromatic heterocycles. The second kappa shape index (κ2) is 13.4. The average molecular weight is 760 g/mol. The molecule has 262 valence electrons. The number of rotatable bonds is 9. The minimum atomic E-state index is -2.95. The summed E-state index contributed by atoms with van der Waals surface area (Å²) >= 11 is 3.60. The third kappa shape index (κ3) is 6.10. The van der Waals surface area contributed by atoms with Gasteiger partial charge in [0.2, 0.25) is 11.8 Å². The number of para-hydroxylation sites is 1. The first-order valence-electron chi connectivity index (χ1n) is 17.3. The number of likely N-dealkylation sites (tertiary alicyclic amines) is 1. The number of hydrogen-bond acceptors (Lipinski definition) is 6. The molecule has 4 aromatic rings. The Labute approximate surface area is 301 Å². The molecular formula is C38H43BrN4O6Si. The van der Waals surface area contributed by atoms with E-state index in [4.69, 9.17) is 4.74 Å². The van der Waals surface area contributed by atoms with Gasteiger partial charge in [-0.1, -0.05) is 53.2 Å². The van der Waals surface area contributed by atoms with Gasteiger partial charge in [0.05, 0.1) is 43.8 Å². The van der Waals surface area contributed by atoms with E-state index in [0.717, 1.165) is 50.6 Å². The molecule has 0 saturated carbocycles. The van der Waals surface area contributed by atoms with Crippen LogP contribution in [0.15, 0.2) is 77.4 Å². The van der Waals surface area contributed by atoms with E-state index in [0.29, 0.717) is 12.2 Å². The van der Waals surface area contributed by atoms with Crippen molar-refractivity contribution in [1.82, 2.24) is 9.88 Å². The molecule has 12 heteroatoms. The zero-order chi connectivity index (χ0) is 35.4. The Bertz CT molecular complexity index is 1940. The maximum absolute atomic E-state index is 14.8. The fourth-order valence-electron chi connectivity index (χ4n) is 8.58. The fraction of sp³-hybridized carbons (Fsp3) is 0.395. The number of aromatic amines is 1. The molecule has 3 aliphatic rings. The molecule has 3 amide bonds. The monoisotopic (exact) mass is 758 g/mol. The third-order valence-electron chi connectivity index (χ3n) is 10.8. The number of aromatic nitrogens is 1. The van der Waals surface area contributed by atoms with Crippen LogP contribution in [0.1, 0.15) is 42.9 Å². The van der Waals surface area contributed by atoms with Crippen molar-refractivity contribution in [1.29, 1.82) is 0 Å². The second-order valence-corrected chi connectivity index (χ2v) is 19.4. The van der Waals surface area contributed by atoms with E-state index in [1.165, 1.54) is 0 Å². The van der Waals surface area contributed by atoms with Gasteiger partial charge in [-0.15, -0.1) is 0 Å². The molecule has 3 aromatic carbocycles. The summed E-state index contributed by atoms with van der Waals surface area (Å²) in [6, 6.07) is 20.9. The van der Waals surface area contributed by atoms with Crippen molar-refractivity contribution in [2.24, 2.45) is 5.92 Å². The molecule has 2 fully saturated rings. The Hall–Kier alpha value is -3.81. The van der Waals surface area contributed by atoms with Gasteiger partial charge in [0.1, 0.15) is 0 Å². The van der Waals surface area contributed by atoms with Gasteiger partial charge in [-0.3, -0.25) is 14.4 Å². The van der Waals surface area contributed by atoms with Gasteiger partial charge in [-0.05, 0) is 73.5 Å². The van der Waals surface area contributed by atoms with Crippen molar-refractivity contribution in [2.45, 2.75) is 75.5 Å². The highest BCUT2D eigenvalue weighted by Crippen LogP contribution is 2.60. The number of nitrogens with one attached hydrogen (secondary N) is 2. The zero-order valence-corrected chi connectivity index (χ0v) is 31.1. The number of anilines is 2. The molecule has 7 rings (SSSR count). The van der Waals surface area contributed by atoms with E-state index < -0.39 is 25.9 Å². The molecule has 0 unspecified atom stereocenters. The number of ether oxygens (including phenoxy) is 1. The first-order valence-corrected chi connectivity index (χ1v) is 21.1. The van der Waals surface area contributed by atoms with E-state index in [-0.39, 0.29) is 55.3 Å². The molecule has 4 N–H and O–H groups in total. The van der Waals surface area contributed by atoms with E-state index in [1.54, 1.807) is 9.80 Å². The van der Waals surface area contributed by atoms with Crippen molar-refractivity contribution in [3.05, 3.63) is 94.1 Å². The number of nitrogens with zero attached hydrogens (tertiary/aromatic N) is 2. The highest BCUT2D eigenvalue weighted by Gasteiger charge is 2.66. The molecule has 0 radical (unpaired) electrons. The zero-order valence-electron chi connectivity index (χ0n) is 28.5. The standard InChI is InChI=1S/C38H43BrN4O6Si/c1-23-36(50(2,3)48)33(19-35(46)42-16-6-7-28(42)22-44)49-38(23)30-18-26(39)12-15-32(30)43(37(38)47)21-24-10-13-27(14-11-24)41-34(45)17-25-20-40-31-9-5-4-8-29(25)31/h4-5,8-15,18,20,23,28,33,36,40,44,48H,6-7,16-17,19,21-22H2,1-3H3,(H,41,45)/t23-,28+,33+,36-,38+/m1/s1. The third-order valence-corrected chi connectivity index (χ3v) is 13.8. The number of benzene rings is 3.